The minimum absolute atomic E-state index is 0.191. The first-order valence-electron chi connectivity index (χ1n) is 9.83. The van der Waals surface area contributed by atoms with Crippen molar-refractivity contribution in [3.8, 4) is 0 Å². The number of halogens is 1. The van der Waals surface area contributed by atoms with Gasteiger partial charge in [-0.2, -0.15) is 0 Å². The van der Waals surface area contributed by atoms with E-state index in [-0.39, 0.29) is 24.8 Å². The molecule has 0 heterocycles. The highest BCUT2D eigenvalue weighted by atomic mass is 79.9. The summed E-state index contributed by atoms with van der Waals surface area (Å²) in [6.07, 6.45) is 11.4. The van der Waals surface area contributed by atoms with Crippen molar-refractivity contribution in [2.45, 2.75) is 71.1 Å². The molecule has 0 unspecified atom stereocenters. The average Bonchev–Trinajstić information content (AvgIpc) is 2.63. The smallest absolute Gasteiger partial charge is 0.307 e. The van der Waals surface area contributed by atoms with Gasteiger partial charge in [0.2, 0.25) is 0 Å². The number of hydrogen-bond acceptors (Lipinski definition) is 3. The van der Waals surface area contributed by atoms with Crippen LogP contribution in [0, 0.1) is 0 Å². The fourth-order valence-electron chi connectivity index (χ4n) is 2.69. The molecule has 5 heteroatoms. The van der Waals surface area contributed by atoms with E-state index in [4.69, 9.17) is 4.74 Å². The van der Waals surface area contributed by atoms with Crippen LogP contribution in [0.1, 0.15) is 81.5 Å². The number of hydrogen-bond donors (Lipinski definition) is 1. The van der Waals surface area contributed by atoms with Crippen molar-refractivity contribution in [2.75, 3.05) is 13.2 Å². The van der Waals surface area contributed by atoms with Crippen LogP contribution in [0.4, 0.5) is 0 Å². The highest BCUT2D eigenvalue weighted by Crippen LogP contribution is 2.15. The van der Waals surface area contributed by atoms with E-state index in [1.807, 2.05) is 12.1 Å². The Labute approximate surface area is 166 Å². The number of nitrogens with one attached hydrogen (secondary N) is 1. The zero-order valence-electron chi connectivity index (χ0n) is 15.9. The molecule has 4 nitrogen and oxygen atoms in total. The van der Waals surface area contributed by atoms with Gasteiger partial charge in [-0.05, 0) is 34.5 Å². The van der Waals surface area contributed by atoms with Gasteiger partial charge in [0.1, 0.15) is 0 Å². The number of amides is 1. The quantitative estimate of drug-likeness (QED) is 0.309. The van der Waals surface area contributed by atoms with E-state index in [2.05, 4.69) is 28.2 Å². The molecule has 0 aliphatic carbocycles. The molecule has 1 rings (SSSR count). The molecular formula is C21H32BrNO3. The largest absolute Gasteiger partial charge is 0.466 e. The maximum absolute atomic E-state index is 12.0. The molecular weight excluding hydrogens is 394 g/mol. The van der Waals surface area contributed by atoms with Gasteiger partial charge in [-0.25, -0.2) is 0 Å². The highest BCUT2D eigenvalue weighted by Gasteiger charge is 2.09. The number of carbonyl (C=O) groups is 2. The molecule has 0 saturated carbocycles. The fourth-order valence-corrected chi connectivity index (χ4v) is 3.15. The Morgan fingerprint density at radius 2 is 1.58 bits per heavy atom. The molecule has 1 amide bonds. The number of rotatable bonds is 14. The van der Waals surface area contributed by atoms with Gasteiger partial charge in [-0.15, -0.1) is 0 Å². The SMILES string of the molecule is CCCCCCCCCCCOC(=O)CCNC(=O)c1ccccc1Br. The van der Waals surface area contributed by atoms with Crippen LogP contribution < -0.4 is 5.32 Å². The van der Waals surface area contributed by atoms with Crippen LogP contribution in [0.15, 0.2) is 28.7 Å². The number of esters is 1. The van der Waals surface area contributed by atoms with E-state index < -0.39 is 0 Å². The van der Waals surface area contributed by atoms with E-state index in [1.165, 1.54) is 44.9 Å². The first kappa shape index (κ1) is 22.7. The summed E-state index contributed by atoms with van der Waals surface area (Å²) in [5, 5.41) is 2.74. The third kappa shape index (κ3) is 10.6. The molecule has 1 aromatic carbocycles. The van der Waals surface area contributed by atoms with E-state index in [0.717, 1.165) is 17.3 Å². The van der Waals surface area contributed by atoms with Crippen LogP contribution in [0.3, 0.4) is 0 Å². The average molecular weight is 426 g/mol. The van der Waals surface area contributed by atoms with E-state index >= 15 is 0 Å². The monoisotopic (exact) mass is 425 g/mol. The summed E-state index contributed by atoms with van der Waals surface area (Å²) in [5.41, 5.74) is 0.565. The van der Waals surface area contributed by atoms with Crippen LogP contribution in [0.5, 0.6) is 0 Å². The van der Waals surface area contributed by atoms with Crippen LogP contribution >= 0.6 is 15.9 Å². The summed E-state index contributed by atoms with van der Waals surface area (Å²) >= 11 is 3.34. The molecule has 1 N–H and O–H groups in total. The third-order valence-electron chi connectivity index (χ3n) is 4.24. The summed E-state index contributed by atoms with van der Waals surface area (Å²) in [6.45, 7) is 3.00. The van der Waals surface area contributed by atoms with Crippen molar-refractivity contribution >= 4 is 27.8 Å². The number of unbranched alkanes of at least 4 members (excludes halogenated alkanes) is 8. The number of benzene rings is 1. The summed E-state index contributed by atoms with van der Waals surface area (Å²) in [7, 11) is 0. The molecule has 0 radical (unpaired) electrons. The second kappa shape index (κ2) is 14.8. The topological polar surface area (TPSA) is 55.4 Å². The molecule has 0 aromatic heterocycles. The lowest BCUT2D eigenvalue weighted by molar-refractivity contribution is -0.143. The van der Waals surface area contributed by atoms with Gasteiger partial charge in [0.15, 0.2) is 0 Å². The van der Waals surface area contributed by atoms with Crippen molar-refractivity contribution in [3.63, 3.8) is 0 Å². The second-order valence-corrected chi connectivity index (χ2v) is 7.39. The number of ether oxygens (including phenoxy) is 1. The summed E-state index contributed by atoms with van der Waals surface area (Å²) in [4.78, 5) is 23.7. The van der Waals surface area contributed by atoms with Gasteiger partial charge in [-0.1, -0.05) is 70.4 Å². The van der Waals surface area contributed by atoms with Crippen molar-refractivity contribution in [1.82, 2.24) is 5.32 Å². The minimum Gasteiger partial charge on any atom is -0.466 e. The van der Waals surface area contributed by atoms with E-state index in [9.17, 15) is 9.59 Å². The predicted molar refractivity (Wildman–Crippen MR) is 109 cm³/mol. The highest BCUT2D eigenvalue weighted by molar-refractivity contribution is 9.10. The molecule has 1 aromatic rings. The first-order valence-corrected chi connectivity index (χ1v) is 10.6. The Bertz CT molecular complexity index is 534. The predicted octanol–water partition coefficient (Wildman–Crippen LogP) is 5.64. The van der Waals surface area contributed by atoms with E-state index in [0.29, 0.717) is 12.2 Å². The first-order chi connectivity index (χ1) is 12.6. The molecule has 26 heavy (non-hydrogen) atoms. The Hall–Kier alpha value is -1.36. The number of carbonyl (C=O) groups excluding carboxylic acids is 2. The molecule has 0 aliphatic heterocycles. The van der Waals surface area contributed by atoms with Gasteiger partial charge in [0.05, 0.1) is 18.6 Å². The maximum Gasteiger partial charge on any atom is 0.307 e. The van der Waals surface area contributed by atoms with Crippen molar-refractivity contribution in [3.05, 3.63) is 34.3 Å². The zero-order valence-corrected chi connectivity index (χ0v) is 17.5. The summed E-state index contributed by atoms with van der Waals surface area (Å²) < 4.78 is 5.95. The minimum atomic E-state index is -0.253. The van der Waals surface area contributed by atoms with Crippen molar-refractivity contribution in [2.24, 2.45) is 0 Å². The lowest BCUT2D eigenvalue weighted by Gasteiger charge is -2.07. The zero-order chi connectivity index (χ0) is 19.0. The van der Waals surface area contributed by atoms with Gasteiger partial charge in [-0.3, -0.25) is 9.59 Å². The summed E-state index contributed by atoms with van der Waals surface area (Å²) in [5.74, 6) is -0.443. The lowest BCUT2D eigenvalue weighted by Crippen LogP contribution is -2.26. The Balaban J connectivity index is 1.97. The lowest BCUT2D eigenvalue weighted by atomic mass is 10.1. The Kier molecular flexibility index (Phi) is 12.9. The second-order valence-electron chi connectivity index (χ2n) is 6.53. The van der Waals surface area contributed by atoms with E-state index in [1.54, 1.807) is 12.1 Å². The van der Waals surface area contributed by atoms with Gasteiger partial charge < -0.3 is 10.1 Å². The third-order valence-corrected chi connectivity index (χ3v) is 4.94. The van der Waals surface area contributed by atoms with Gasteiger partial charge >= 0.3 is 5.97 Å². The normalized spacial score (nSPS) is 10.5. The van der Waals surface area contributed by atoms with Crippen LogP contribution in [-0.4, -0.2) is 25.0 Å². The van der Waals surface area contributed by atoms with Crippen molar-refractivity contribution < 1.29 is 14.3 Å². The Morgan fingerprint density at radius 1 is 0.962 bits per heavy atom. The maximum atomic E-state index is 12.0. The van der Waals surface area contributed by atoms with Crippen molar-refractivity contribution in [1.29, 1.82) is 0 Å². The molecule has 0 spiro atoms. The molecule has 0 bridgehead atoms. The molecule has 0 atom stereocenters. The van der Waals surface area contributed by atoms with Crippen LogP contribution in [0.2, 0.25) is 0 Å². The standard InChI is InChI=1S/C21H32BrNO3/c1-2-3-4-5-6-7-8-9-12-17-26-20(24)15-16-23-21(25)18-13-10-11-14-19(18)22/h10-11,13-14H,2-9,12,15-17H2,1H3,(H,23,25). The van der Waals surface area contributed by atoms with Gasteiger partial charge in [0.25, 0.3) is 5.91 Å². The molecule has 146 valence electrons. The summed E-state index contributed by atoms with van der Waals surface area (Å²) in [6, 6.07) is 7.21. The van der Waals surface area contributed by atoms with Gasteiger partial charge in [0, 0.05) is 11.0 Å². The molecule has 0 fully saturated rings. The van der Waals surface area contributed by atoms with Crippen LogP contribution in [0.25, 0.3) is 0 Å². The fraction of sp³-hybridized carbons (Fsp3) is 0.619. The van der Waals surface area contributed by atoms with Crippen LogP contribution in [-0.2, 0) is 9.53 Å². The Morgan fingerprint density at radius 3 is 2.23 bits per heavy atom. The molecule has 0 saturated heterocycles. The molecule has 0 aliphatic rings.